The highest BCUT2D eigenvalue weighted by Gasteiger charge is 2.42. The van der Waals surface area contributed by atoms with Gasteiger partial charge in [0.25, 0.3) is 5.91 Å². The summed E-state index contributed by atoms with van der Waals surface area (Å²) in [5.41, 5.74) is 1.71. The average Bonchev–Trinajstić information content (AvgIpc) is 2.69. The van der Waals surface area contributed by atoms with Crippen molar-refractivity contribution >= 4 is 51.7 Å². The summed E-state index contributed by atoms with van der Waals surface area (Å²) in [6.07, 6.45) is -0.254. The third-order valence-electron chi connectivity index (χ3n) is 4.37. The van der Waals surface area contributed by atoms with Crippen LogP contribution in [0.1, 0.15) is 17.2 Å². The predicted octanol–water partition coefficient (Wildman–Crippen LogP) is 4.83. The first kappa shape index (κ1) is 19.9. The summed E-state index contributed by atoms with van der Waals surface area (Å²) in [4.78, 5) is 15.0. The van der Waals surface area contributed by atoms with Crippen LogP contribution in [0.25, 0.3) is 0 Å². The van der Waals surface area contributed by atoms with E-state index in [2.05, 4.69) is 22.6 Å². The molecule has 1 aliphatic heterocycles. The van der Waals surface area contributed by atoms with Crippen LogP contribution >= 0.6 is 45.8 Å². The maximum absolute atomic E-state index is 13.2. The third kappa shape index (κ3) is 4.02. The number of carbonyl (C=O) groups is 1. The number of alkyl halides is 1. The standard InChI is InChI=1S/C19H18Cl2INO3/c1-25-19(22,14-5-3-2-4-6-14)18(24)23-9-10-26-17(12-23)13-7-8-15(20)16(21)11-13/h2-8,11,17H,9-10,12H2,1H3. The number of benzene rings is 2. The fourth-order valence-corrected chi connectivity index (χ4v) is 3.94. The summed E-state index contributed by atoms with van der Waals surface area (Å²) >= 11 is 14.2. The van der Waals surface area contributed by atoms with Gasteiger partial charge in [-0.25, -0.2) is 0 Å². The summed E-state index contributed by atoms with van der Waals surface area (Å²) in [6, 6.07) is 14.9. The lowest BCUT2D eigenvalue weighted by molar-refractivity contribution is -0.151. The SMILES string of the molecule is COC(I)(C(=O)N1CCOC(c2ccc(Cl)c(Cl)c2)C1)c1ccccc1. The molecular weight excluding hydrogens is 488 g/mol. The molecule has 0 saturated carbocycles. The minimum atomic E-state index is -1.07. The fraction of sp³-hybridized carbons (Fsp3) is 0.316. The molecule has 3 rings (SSSR count). The fourth-order valence-electron chi connectivity index (χ4n) is 2.93. The van der Waals surface area contributed by atoms with Gasteiger partial charge in [-0.3, -0.25) is 4.79 Å². The molecule has 7 heteroatoms. The van der Waals surface area contributed by atoms with E-state index >= 15 is 0 Å². The Kier molecular flexibility index (Phi) is 6.45. The van der Waals surface area contributed by atoms with Gasteiger partial charge in [-0.15, -0.1) is 0 Å². The van der Waals surface area contributed by atoms with Gasteiger partial charge in [0.15, 0.2) is 0 Å². The van der Waals surface area contributed by atoms with Gasteiger partial charge in [-0.1, -0.05) is 59.6 Å². The van der Waals surface area contributed by atoms with Gasteiger partial charge in [0.05, 0.1) is 23.2 Å². The molecule has 1 fully saturated rings. The summed E-state index contributed by atoms with van der Waals surface area (Å²) in [6.45, 7) is 1.39. The molecule has 0 aromatic heterocycles. The molecule has 1 amide bonds. The number of hydrogen-bond donors (Lipinski definition) is 0. The number of ether oxygens (including phenoxy) is 2. The van der Waals surface area contributed by atoms with Crippen molar-refractivity contribution in [1.29, 1.82) is 0 Å². The second-order valence-electron chi connectivity index (χ2n) is 5.95. The average molecular weight is 506 g/mol. The lowest BCUT2D eigenvalue weighted by atomic mass is 10.1. The summed E-state index contributed by atoms with van der Waals surface area (Å²) in [7, 11) is 1.55. The van der Waals surface area contributed by atoms with E-state index in [-0.39, 0.29) is 12.0 Å². The Balaban J connectivity index is 1.82. The van der Waals surface area contributed by atoms with Crippen LogP contribution in [0.3, 0.4) is 0 Å². The maximum Gasteiger partial charge on any atom is 0.270 e. The number of rotatable bonds is 4. The largest absolute Gasteiger partial charge is 0.370 e. The van der Waals surface area contributed by atoms with Crippen LogP contribution in [0, 0.1) is 0 Å². The van der Waals surface area contributed by atoms with Crippen molar-refractivity contribution in [3.8, 4) is 0 Å². The number of methoxy groups -OCH3 is 1. The monoisotopic (exact) mass is 505 g/mol. The second-order valence-corrected chi connectivity index (χ2v) is 8.28. The molecule has 2 unspecified atom stereocenters. The quantitative estimate of drug-likeness (QED) is 0.441. The number of morpholine rings is 1. The molecule has 0 N–H and O–H groups in total. The van der Waals surface area contributed by atoms with Gasteiger partial charge >= 0.3 is 0 Å². The maximum atomic E-state index is 13.2. The van der Waals surface area contributed by atoms with E-state index in [1.54, 1.807) is 24.1 Å². The molecule has 4 nitrogen and oxygen atoms in total. The topological polar surface area (TPSA) is 38.8 Å². The minimum absolute atomic E-state index is 0.0971. The molecule has 0 radical (unpaired) electrons. The molecule has 0 bridgehead atoms. The van der Waals surface area contributed by atoms with Crippen LogP contribution < -0.4 is 0 Å². The number of amides is 1. The van der Waals surface area contributed by atoms with E-state index in [0.29, 0.717) is 29.7 Å². The Morgan fingerprint density at radius 3 is 2.62 bits per heavy atom. The molecule has 2 aromatic rings. The number of hydrogen-bond acceptors (Lipinski definition) is 3. The Hall–Kier alpha value is -0.860. The second kappa shape index (κ2) is 8.44. The van der Waals surface area contributed by atoms with Gasteiger partial charge in [-0.05, 0) is 40.3 Å². The van der Waals surface area contributed by atoms with Crippen molar-refractivity contribution in [2.24, 2.45) is 0 Å². The van der Waals surface area contributed by atoms with E-state index in [0.717, 1.165) is 11.1 Å². The lowest BCUT2D eigenvalue weighted by Gasteiger charge is -2.37. The van der Waals surface area contributed by atoms with Gasteiger partial charge in [0.2, 0.25) is 3.61 Å². The van der Waals surface area contributed by atoms with Crippen molar-refractivity contribution in [2.45, 2.75) is 9.71 Å². The molecule has 138 valence electrons. The summed E-state index contributed by atoms with van der Waals surface area (Å²) in [5.74, 6) is -0.0971. The summed E-state index contributed by atoms with van der Waals surface area (Å²) < 4.78 is 10.4. The number of halogens is 3. The number of nitrogens with zero attached hydrogens (tertiary/aromatic N) is 1. The Morgan fingerprint density at radius 2 is 1.96 bits per heavy atom. The van der Waals surface area contributed by atoms with E-state index in [4.69, 9.17) is 32.7 Å². The normalized spacial score (nSPS) is 19.8. The van der Waals surface area contributed by atoms with Crippen molar-refractivity contribution in [1.82, 2.24) is 4.90 Å². The van der Waals surface area contributed by atoms with Crippen LogP contribution in [-0.4, -0.2) is 37.6 Å². The lowest BCUT2D eigenvalue weighted by Crippen LogP contribution is -2.49. The smallest absolute Gasteiger partial charge is 0.270 e. The van der Waals surface area contributed by atoms with Crippen LogP contribution in [0.2, 0.25) is 10.0 Å². The molecule has 2 atom stereocenters. The highest BCUT2D eigenvalue weighted by Crippen LogP contribution is 2.37. The zero-order valence-electron chi connectivity index (χ0n) is 14.1. The molecule has 0 spiro atoms. The summed E-state index contributed by atoms with van der Waals surface area (Å²) in [5, 5.41) is 0.967. The van der Waals surface area contributed by atoms with Gasteiger partial charge in [0, 0.05) is 19.2 Å². The van der Waals surface area contributed by atoms with Crippen LogP contribution in [-0.2, 0) is 17.9 Å². The Bertz CT molecular complexity index is 790. The molecule has 1 heterocycles. The third-order valence-corrected chi connectivity index (χ3v) is 6.63. The van der Waals surface area contributed by atoms with E-state index in [1.807, 2.05) is 36.4 Å². The Labute approximate surface area is 176 Å². The first-order valence-corrected chi connectivity index (χ1v) is 9.94. The zero-order valence-corrected chi connectivity index (χ0v) is 17.8. The first-order valence-electron chi connectivity index (χ1n) is 8.11. The molecule has 1 aliphatic rings. The van der Waals surface area contributed by atoms with Crippen molar-refractivity contribution in [3.05, 3.63) is 69.7 Å². The van der Waals surface area contributed by atoms with Gasteiger partial charge in [-0.2, -0.15) is 0 Å². The van der Waals surface area contributed by atoms with E-state index in [9.17, 15) is 4.79 Å². The predicted molar refractivity (Wildman–Crippen MR) is 111 cm³/mol. The minimum Gasteiger partial charge on any atom is -0.370 e. The van der Waals surface area contributed by atoms with Crippen molar-refractivity contribution < 1.29 is 14.3 Å². The molecule has 2 aromatic carbocycles. The molecule has 1 saturated heterocycles. The van der Waals surface area contributed by atoms with E-state index < -0.39 is 3.61 Å². The molecule has 26 heavy (non-hydrogen) atoms. The van der Waals surface area contributed by atoms with Crippen LogP contribution in [0.5, 0.6) is 0 Å². The highest BCUT2D eigenvalue weighted by atomic mass is 127. The van der Waals surface area contributed by atoms with Crippen LogP contribution in [0.15, 0.2) is 48.5 Å². The zero-order chi connectivity index (χ0) is 18.7. The van der Waals surface area contributed by atoms with Gasteiger partial charge in [0.1, 0.15) is 6.10 Å². The number of carbonyl (C=O) groups excluding carboxylic acids is 1. The molecule has 0 aliphatic carbocycles. The first-order chi connectivity index (χ1) is 12.5. The molecular formula is C19H18Cl2INO3. The van der Waals surface area contributed by atoms with Crippen molar-refractivity contribution in [3.63, 3.8) is 0 Å². The van der Waals surface area contributed by atoms with E-state index in [1.165, 1.54) is 0 Å². The van der Waals surface area contributed by atoms with Gasteiger partial charge < -0.3 is 14.4 Å². The van der Waals surface area contributed by atoms with Crippen LogP contribution in [0.4, 0.5) is 0 Å². The van der Waals surface area contributed by atoms with Crippen molar-refractivity contribution in [2.75, 3.05) is 26.8 Å². The highest BCUT2D eigenvalue weighted by molar-refractivity contribution is 14.1. The Morgan fingerprint density at radius 1 is 1.23 bits per heavy atom.